The molecular weight excluding hydrogens is 328 g/mol. The molecule has 5 nitrogen and oxygen atoms in total. The second kappa shape index (κ2) is 7.04. The minimum atomic E-state index is -0.373. The van der Waals surface area contributed by atoms with Crippen molar-refractivity contribution in [2.75, 3.05) is 5.32 Å². The van der Waals surface area contributed by atoms with E-state index in [0.717, 1.165) is 31.1 Å². The van der Waals surface area contributed by atoms with Gasteiger partial charge in [0.05, 0.1) is 11.3 Å². The van der Waals surface area contributed by atoms with E-state index in [1.54, 1.807) is 30.3 Å². The molecule has 0 radical (unpaired) electrons. The van der Waals surface area contributed by atoms with E-state index < -0.39 is 0 Å². The van der Waals surface area contributed by atoms with Crippen LogP contribution in [0.5, 0.6) is 0 Å². The molecule has 1 saturated carbocycles. The Morgan fingerprint density at radius 1 is 0.923 bits per heavy atom. The van der Waals surface area contributed by atoms with Crippen LogP contribution in [0.25, 0.3) is 11.0 Å². The first-order valence-electron chi connectivity index (χ1n) is 8.90. The van der Waals surface area contributed by atoms with Gasteiger partial charge in [-0.3, -0.25) is 9.59 Å². The number of carbonyl (C=O) groups excluding carboxylic acids is 2. The highest BCUT2D eigenvalue weighted by atomic mass is 16.3. The molecule has 0 atom stereocenters. The Morgan fingerprint density at radius 2 is 1.65 bits per heavy atom. The average molecular weight is 348 g/mol. The monoisotopic (exact) mass is 348 g/mol. The molecule has 0 bridgehead atoms. The molecular formula is C21H20N2O3. The molecule has 132 valence electrons. The zero-order valence-corrected chi connectivity index (χ0v) is 14.3. The van der Waals surface area contributed by atoms with E-state index in [0.29, 0.717) is 16.8 Å². The Labute approximate surface area is 151 Å². The van der Waals surface area contributed by atoms with E-state index in [4.69, 9.17) is 4.42 Å². The minimum Gasteiger partial charge on any atom is -0.451 e. The van der Waals surface area contributed by atoms with Gasteiger partial charge in [-0.2, -0.15) is 0 Å². The Hall–Kier alpha value is -3.08. The molecule has 0 unspecified atom stereocenters. The summed E-state index contributed by atoms with van der Waals surface area (Å²) in [7, 11) is 0. The molecule has 4 rings (SSSR count). The lowest BCUT2D eigenvalue weighted by Crippen LogP contribution is -2.33. The number of hydrogen-bond donors (Lipinski definition) is 2. The lowest BCUT2D eigenvalue weighted by molar-refractivity contribution is 0.0939. The van der Waals surface area contributed by atoms with Gasteiger partial charge in [0.1, 0.15) is 5.58 Å². The summed E-state index contributed by atoms with van der Waals surface area (Å²) in [4.78, 5) is 25.2. The molecule has 5 heteroatoms. The summed E-state index contributed by atoms with van der Waals surface area (Å²) in [5, 5.41) is 6.72. The van der Waals surface area contributed by atoms with E-state index in [9.17, 15) is 9.59 Å². The van der Waals surface area contributed by atoms with E-state index in [1.165, 1.54) is 0 Å². The van der Waals surface area contributed by atoms with E-state index in [-0.39, 0.29) is 23.6 Å². The van der Waals surface area contributed by atoms with Crippen LogP contribution in [0.2, 0.25) is 0 Å². The van der Waals surface area contributed by atoms with Crippen LogP contribution in [-0.2, 0) is 0 Å². The van der Waals surface area contributed by atoms with Gasteiger partial charge < -0.3 is 15.1 Å². The van der Waals surface area contributed by atoms with Gasteiger partial charge in [0.15, 0.2) is 5.76 Å². The average Bonchev–Trinajstić information content (AvgIpc) is 3.31. The van der Waals surface area contributed by atoms with Crippen molar-refractivity contribution in [2.45, 2.75) is 31.7 Å². The van der Waals surface area contributed by atoms with Gasteiger partial charge in [0.25, 0.3) is 11.8 Å². The van der Waals surface area contributed by atoms with Crippen molar-refractivity contribution in [3.63, 3.8) is 0 Å². The summed E-state index contributed by atoms with van der Waals surface area (Å²) in [5.41, 5.74) is 1.60. The molecule has 1 heterocycles. The predicted molar refractivity (Wildman–Crippen MR) is 100 cm³/mol. The highest BCUT2D eigenvalue weighted by Crippen LogP contribution is 2.23. The van der Waals surface area contributed by atoms with Crippen molar-refractivity contribution >= 4 is 28.5 Å². The molecule has 3 aromatic rings. The standard InChI is InChI=1S/C21H20N2O3/c24-20(22-15-8-2-3-9-15)16-10-4-5-11-17(16)23-21(25)19-13-14-7-1-6-12-18(14)26-19/h1,4-7,10-13,15H,2-3,8-9H2,(H,22,24)(H,23,25). The van der Waals surface area contributed by atoms with Gasteiger partial charge in [-0.15, -0.1) is 0 Å². The van der Waals surface area contributed by atoms with Crippen LogP contribution in [0.15, 0.2) is 59.0 Å². The van der Waals surface area contributed by atoms with Gasteiger partial charge in [-0.1, -0.05) is 43.2 Å². The van der Waals surface area contributed by atoms with Crippen LogP contribution in [0, 0.1) is 0 Å². The van der Waals surface area contributed by atoms with Crippen molar-refractivity contribution in [1.82, 2.24) is 5.32 Å². The number of nitrogens with one attached hydrogen (secondary N) is 2. The van der Waals surface area contributed by atoms with E-state index >= 15 is 0 Å². The number of fused-ring (bicyclic) bond motifs is 1. The maximum atomic E-state index is 12.6. The Bertz CT molecular complexity index is 922. The maximum absolute atomic E-state index is 12.6. The topological polar surface area (TPSA) is 71.3 Å². The fourth-order valence-corrected chi connectivity index (χ4v) is 3.40. The number of amides is 2. The van der Waals surface area contributed by atoms with Crippen LogP contribution < -0.4 is 10.6 Å². The molecule has 0 aliphatic heterocycles. The first kappa shape index (κ1) is 16.4. The van der Waals surface area contributed by atoms with Crippen molar-refractivity contribution in [2.24, 2.45) is 0 Å². The molecule has 0 saturated heterocycles. The molecule has 2 amide bonds. The zero-order chi connectivity index (χ0) is 17.9. The van der Waals surface area contributed by atoms with E-state index in [1.807, 2.05) is 24.3 Å². The molecule has 1 aliphatic carbocycles. The normalized spacial score (nSPS) is 14.5. The smallest absolute Gasteiger partial charge is 0.291 e. The Morgan fingerprint density at radius 3 is 2.46 bits per heavy atom. The number of furan rings is 1. The largest absolute Gasteiger partial charge is 0.451 e. The summed E-state index contributed by atoms with van der Waals surface area (Å²) < 4.78 is 5.60. The number of para-hydroxylation sites is 2. The number of carbonyl (C=O) groups is 2. The summed E-state index contributed by atoms with van der Waals surface area (Å²) >= 11 is 0. The molecule has 1 fully saturated rings. The first-order valence-corrected chi connectivity index (χ1v) is 8.90. The van der Waals surface area contributed by atoms with Crippen molar-refractivity contribution < 1.29 is 14.0 Å². The SMILES string of the molecule is O=C(Nc1ccccc1C(=O)NC1CCCC1)c1cc2ccccc2o1. The molecule has 1 aromatic heterocycles. The van der Waals surface area contributed by atoms with Crippen molar-refractivity contribution in [3.05, 3.63) is 65.9 Å². The van der Waals surface area contributed by atoms with E-state index in [2.05, 4.69) is 10.6 Å². The first-order chi connectivity index (χ1) is 12.7. The van der Waals surface area contributed by atoms with Crippen molar-refractivity contribution in [3.8, 4) is 0 Å². The lowest BCUT2D eigenvalue weighted by atomic mass is 10.1. The number of anilines is 1. The predicted octanol–water partition coefficient (Wildman–Crippen LogP) is 4.36. The maximum Gasteiger partial charge on any atom is 0.291 e. The minimum absolute atomic E-state index is 0.155. The second-order valence-electron chi connectivity index (χ2n) is 6.60. The quantitative estimate of drug-likeness (QED) is 0.736. The molecule has 1 aliphatic rings. The van der Waals surface area contributed by atoms with Gasteiger partial charge in [0.2, 0.25) is 0 Å². The second-order valence-corrected chi connectivity index (χ2v) is 6.60. The van der Waals surface area contributed by atoms with Gasteiger partial charge in [-0.05, 0) is 37.1 Å². The Kier molecular flexibility index (Phi) is 4.44. The Balaban J connectivity index is 1.54. The summed E-state index contributed by atoms with van der Waals surface area (Å²) in [6.45, 7) is 0. The molecule has 26 heavy (non-hydrogen) atoms. The van der Waals surface area contributed by atoms with Crippen LogP contribution in [0.1, 0.15) is 46.6 Å². The fraction of sp³-hybridized carbons (Fsp3) is 0.238. The van der Waals surface area contributed by atoms with Crippen LogP contribution >= 0.6 is 0 Å². The third-order valence-electron chi connectivity index (χ3n) is 4.76. The number of benzene rings is 2. The summed E-state index contributed by atoms with van der Waals surface area (Å²) in [6.07, 6.45) is 4.32. The van der Waals surface area contributed by atoms with Gasteiger partial charge >= 0.3 is 0 Å². The third kappa shape index (κ3) is 3.33. The summed E-state index contributed by atoms with van der Waals surface area (Å²) in [5.74, 6) is -0.308. The molecule has 0 spiro atoms. The van der Waals surface area contributed by atoms with Gasteiger partial charge in [0, 0.05) is 11.4 Å². The van der Waals surface area contributed by atoms with Crippen molar-refractivity contribution in [1.29, 1.82) is 0 Å². The fourth-order valence-electron chi connectivity index (χ4n) is 3.40. The number of hydrogen-bond acceptors (Lipinski definition) is 3. The number of rotatable bonds is 4. The zero-order valence-electron chi connectivity index (χ0n) is 14.3. The van der Waals surface area contributed by atoms with Crippen LogP contribution in [-0.4, -0.2) is 17.9 Å². The van der Waals surface area contributed by atoms with Crippen LogP contribution in [0.3, 0.4) is 0 Å². The summed E-state index contributed by atoms with van der Waals surface area (Å²) in [6, 6.07) is 16.4. The van der Waals surface area contributed by atoms with Gasteiger partial charge in [-0.25, -0.2) is 0 Å². The highest BCUT2D eigenvalue weighted by molar-refractivity contribution is 6.09. The lowest BCUT2D eigenvalue weighted by Gasteiger charge is -2.14. The molecule has 2 N–H and O–H groups in total. The highest BCUT2D eigenvalue weighted by Gasteiger charge is 2.21. The third-order valence-corrected chi connectivity index (χ3v) is 4.76. The van der Waals surface area contributed by atoms with Crippen LogP contribution in [0.4, 0.5) is 5.69 Å². The molecule has 2 aromatic carbocycles.